The van der Waals surface area contributed by atoms with Gasteiger partial charge in [-0.25, -0.2) is 9.67 Å². The van der Waals surface area contributed by atoms with E-state index < -0.39 is 0 Å². The lowest BCUT2D eigenvalue weighted by Crippen LogP contribution is -2.39. The van der Waals surface area contributed by atoms with Gasteiger partial charge in [-0.05, 0) is 38.3 Å². The van der Waals surface area contributed by atoms with Gasteiger partial charge in [0.15, 0.2) is 5.65 Å². The predicted molar refractivity (Wildman–Crippen MR) is 116 cm³/mol. The maximum Gasteiger partial charge on any atom is 0.254 e. The molecule has 0 fully saturated rings. The Morgan fingerprint density at radius 1 is 1.33 bits per heavy atom. The normalized spacial score (nSPS) is 11.8. The SMILES string of the molecule is CC(CN)N(C)C(=O)c1cc(-c2cccs2)nc2c1cnn2C(C)C.Cl.Cl. The van der Waals surface area contributed by atoms with Crippen LogP contribution in [0.5, 0.6) is 0 Å². The van der Waals surface area contributed by atoms with Crippen molar-refractivity contribution in [3.63, 3.8) is 0 Å². The van der Waals surface area contributed by atoms with Crippen LogP contribution in [0, 0.1) is 0 Å². The Kier molecular flexibility index (Phi) is 8.23. The van der Waals surface area contributed by atoms with Gasteiger partial charge in [0.1, 0.15) is 0 Å². The molecule has 2 N–H and O–H groups in total. The molecule has 1 atom stereocenters. The topological polar surface area (TPSA) is 77.0 Å². The molecule has 3 aromatic rings. The molecule has 9 heteroatoms. The molecule has 0 aliphatic heterocycles. The molecule has 0 aromatic carbocycles. The number of fused-ring (bicyclic) bond motifs is 1. The molecule has 148 valence electrons. The number of carbonyl (C=O) groups excluding carboxylic acids is 1. The van der Waals surface area contributed by atoms with Gasteiger partial charge < -0.3 is 10.6 Å². The lowest BCUT2D eigenvalue weighted by atomic mass is 10.1. The lowest BCUT2D eigenvalue weighted by Gasteiger charge is -2.24. The van der Waals surface area contributed by atoms with Crippen LogP contribution in [0.15, 0.2) is 29.8 Å². The molecule has 0 radical (unpaired) electrons. The zero-order valence-corrected chi connectivity index (χ0v) is 18.2. The molecular formula is C18H25Cl2N5OS. The standard InChI is InChI=1S/C18H23N5OS.2ClH/c1-11(2)23-17-14(10-20-23)13(18(24)22(4)12(3)9-19)8-15(21-17)16-6-5-7-25-16;;/h5-8,10-12H,9,19H2,1-4H3;2*1H. The fourth-order valence-electron chi connectivity index (χ4n) is 2.67. The van der Waals surface area contributed by atoms with E-state index in [0.717, 1.165) is 21.6 Å². The van der Waals surface area contributed by atoms with Crippen molar-refractivity contribution in [1.82, 2.24) is 19.7 Å². The summed E-state index contributed by atoms with van der Waals surface area (Å²) >= 11 is 1.60. The fraction of sp³-hybridized carbons (Fsp3) is 0.389. The largest absolute Gasteiger partial charge is 0.338 e. The molecule has 1 amide bonds. The summed E-state index contributed by atoms with van der Waals surface area (Å²) in [5, 5.41) is 7.23. The summed E-state index contributed by atoms with van der Waals surface area (Å²) in [5.41, 5.74) is 7.87. The van der Waals surface area contributed by atoms with E-state index in [2.05, 4.69) is 18.9 Å². The minimum absolute atomic E-state index is 0. The van der Waals surface area contributed by atoms with Crippen LogP contribution in [0.2, 0.25) is 0 Å². The molecule has 3 aromatic heterocycles. The highest BCUT2D eigenvalue weighted by Gasteiger charge is 2.23. The third-order valence-corrected chi connectivity index (χ3v) is 5.27. The molecule has 0 spiro atoms. The van der Waals surface area contributed by atoms with E-state index in [1.807, 2.05) is 35.2 Å². The summed E-state index contributed by atoms with van der Waals surface area (Å²) in [6.07, 6.45) is 1.73. The minimum Gasteiger partial charge on any atom is -0.338 e. The smallest absolute Gasteiger partial charge is 0.254 e. The number of hydrogen-bond donors (Lipinski definition) is 1. The number of thiophene rings is 1. The van der Waals surface area contributed by atoms with Crippen LogP contribution in [0.1, 0.15) is 37.2 Å². The molecule has 0 saturated heterocycles. The maximum atomic E-state index is 13.1. The van der Waals surface area contributed by atoms with Crippen LogP contribution in [0.4, 0.5) is 0 Å². The van der Waals surface area contributed by atoms with Crippen molar-refractivity contribution in [3.8, 4) is 10.6 Å². The Labute approximate surface area is 175 Å². The Morgan fingerprint density at radius 2 is 2.04 bits per heavy atom. The first-order chi connectivity index (χ1) is 11.9. The van der Waals surface area contributed by atoms with E-state index in [4.69, 9.17) is 10.7 Å². The minimum atomic E-state index is -0.0635. The van der Waals surface area contributed by atoms with Crippen molar-refractivity contribution in [2.75, 3.05) is 13.6 Å². The molecule has 27 heavy (non-hydrogen) atoms. The Morgan fingerprint density at radius 3 is 2.59 bits per heavy atom. The van der Waals surface area contributed by atoms with E-state index in [1.165, 1.54) is 0 Å². The summed E-state index contributed by atoms with van der Waals surface area (Å²) in [5.74, 6) is -0.0635. The number of rotatable bonds is 5. The third kappa shape index (κ3) is 4.43. The quantitative estimate of drug-likeness (QED) is 0.664. The van der Waals surface area contributed by atoms with Gasteiger partial charge in [-0.1, -0.05) is 6.07 Å². The number of pyridine rings is 1. The molecule has 0 saturated carbocycles. The van der Waals surface area contributed by atoms with Crippen LogP contribution in [0.3, 0.4) is 0 Å². The molecule has 3 heterocycles. The number of aromatic nitrogens is 3. The second-order valence-electron chi connectivity index (χ2n) is 6.45. The zero-order valence-electron chi connectivity index (χ0n) is 15.7. The molecular weight excluding hydrogens is 405 g/mol. The van der Waals surface area contributed by atoms with Gasteiger partial charge in [0.25, 0.3) is 5.91 Å². The van der Waals surface area contributed by atoms with E-state index in [-0.39, 0.29) is 42.8 Å². The second-order valence-corrected chi connectivity index (χ2v) is 7.40. The van der Waals surface area contributed by atoms with Crippen LogP contribution < -0.4 is 5.73 Å². The number of halogens is 2. The number of carbonyl (C=O) groups is 1. The van der Waals surface area contributed by atoms with Crippen LogP contribution in [-0.2, 0) is 0 Å². The van der Waals surface area contributed by atoms with Crippen LogP contribution in [0.25, 0.3) is 21.6 Å². The van der Waals surface area contributed by atoms with Crippen molar-refractivity contribution in [2.45, 2.75) is 32.9 Å². The molecule has 6 nitrogen and oxygen atoms in total. The first-order valence-electron chi connectivity index (χ1n) is 8.33. The van der Waals surface area contributed by atoms with Crippen molar-refractivity contribution < 1.29 is 4.79 Å². The van der Waals surface area contributed by atoms with E-state index >= 15 is 0 Å². The van der Waals surface area contributed by atoms with Gasteiger partial charge >= 0.3 is 0 Å². The fourth-order valence-corrected chi connectivity index (χ4v) is 3.36. The highest BCUT2D eigenvalue weighted by atomic mass is 35.5. The highest BCUT2D eigenvalue weighted by molar-refractivity contribution is 7.13. The lowest BCUT2D eigenvalue weighted by molar-refractivity contribution is 0.0750. The van der Waals surface area contributed by atoms with Gasteiger partial charge in [-0.15, -0.1) is 36.2 Å². The molecule has 1 unspecified atom stereocenters. The average Bonchev–Trinajstić information content (AvgIpc) is 3.27. The number of nitrogens with zero attached hydrogens (tertiary/aromatic N) is 4. The van der Waals surface area contributed by atoms with E-state index in [1.54, 1.807) is 29.5 Å². The van der Waals surface area contributed by atoms with E-state index in [9.17, 15) is 4.79 Å². The maximum absolute atomic E-state index is 13.1. The zero-order chi connectivity index (χ0) is 18.1. The summed E-state index contributed by atoms with van der Waals surface area (Å²) in [6, 6.07) is 5.97. The van der Waals surface area contributed by atoms with Crippen LogP contribution in [-0.4, -0.2) is 45.2 Å². The number of amides is 1. The Bertz CT molecular complexity index is 895. The number of hydrogen-bond acceptors (Lipinski definition) is 5. The van der Waals surface area contributed by atoms with E-state index in [0.29, 0.717) is 12.1 Å². The summed E-state index contributed by atoms with van der Waals surface area (Å²) in [7, 11) is 1.78. The van der Waals surface area contributed by atoms with Crippen molar-refractivity contribution in [2.24, 2.45) is 5.73 Å². The van der Waals surface area contributed by atoms with Gasteiger partial charge in [0.2, 0.25) is 0 Å². The van der Waals surface area contributed by atoms with Gasteiger partial charge in [-0.2, -0.15) is 5.10 Å². The van der Waals surface area contributed by atoms with Crippen molar-refractivity contribution in [1.29, 1.82) is 0 Å². The number of likely N-dealkylation sites (N-methyl/N-ethyl adjacent to an activating group) is 1. The molecule has 3 rings (SSSR count). The Balaban J connectivity index is 0.00000182. The molecule has 0 aliphatic rings. The first-order valence-corrected chi connectivity index (χ1v) is 9.21. The third-order valence-electron chi connectivity index (χ3n) is 4.38. The Hall–Kier alpha value is -1.67. The van der Waals surface area contributed by atoms with Gasteiger partial charge in [-0.3, -0.25) is 4.79 Å². The average molecular weight is 430 g/mol. The van der Waals surface area contributed by atoms with Gasteiger partial charge in [0.05, 0.1) is 27.7 Å². The monoisotopic (exact) mass is 429 g/mol. The summed E-state index contributed by atoms with van der Waals surface area (Å²) < 4.78 is 1.86. The summed E-state index contributed by atoms with van der Waals surface area (Å²) in [4.78, 5) is 20.6. The predicted octanol–water partition coefficient (Wildman–Crippen LogP) is 4.00. The molecule has 0 aliphatic carbocycles. The second kappa shape index (κ2) is 9.50. The van der Waals surface area contributed by atoms with Crippen molar-refractivity contribution in [3.05, 3.63) is 35.3 Å². The van der Waals surface area contributed by atoms with Gasteiger partial charge in [0, 0.05) is 25.7 Å². The number of nitrogens with two attached hydrogens (primary N) is 1. The summed E-state index contributed by atoms with van der Waals surface area (Å²) in [6.45, 7) is 6.46. The first kappa shape index (κ1) is 23.4. The molecule has 0 bridgehead atoms. The van der Waals surface area contributed by atoms with Crippen LogP contribution >= 0.6 is 36.2 Å². The highest BCUT2D eigenvalue weighted by Crippen LogP contribution is 2.29. The van der Waals surface area contributed by atoms with Crippen molar-refractivity contribution >= 4 is 53.1 Å².